The summed E-state index contributed by atoms with van der Waals surface area (Å²) in [6, 6.07) is 0. The van der Waals surface area contributed by atoms with Crippen LogP contribution in [0.4, 0.5) is 0 Å². The van der Waals surface area contributed by atoms with Gasteiger partial charge in [0, 0.05) is 50.0 Å². The number of amides is 1. The number of likely N-dealkylation sites (tertiary alicyclic amines) is 1. The van der Waals surface area contributed by atoms with Gasteiger partial charge in [0.2, 0.25) is 0 Å². The quantitative estimate of drug-likeness (QED) is 0.849. The highest BCUT2D eigenvalue weighted by molar-refractivity contribution is 5.92. The Morgan fingerprint density at radius 1 is 1.14 bits per heavy atom. The first-order chi connectivity index (χ1) is 10.2. The molecule has 0 spiro atoms. The number of hydrogen-bond donors (Lipinski definition) is 1. The lowest BCUT2D eigenvalue weighted by Crippen LogP contribution is -2.30. The van der Waals surface area contributed by atoms with Crippen molar-refractivity contribution in [2.24, 2.45) is 5.92 Å². The zero-order valence-corrected chi connectivity index (χ0v) is 11.3. The van der Waals surface area contributed by atoms with E-state index in [9.17, 15) is 9.90 Å². The van der Waals surface area contributed by atoms with E-state index in [1.807, 2.05) is 0 Å². The fraction of sp³-hybridized carbons (Fsp3) is 0.357. The highest BCUT2D eigenvalue weighted by Gasteiger charge is 2.35. The van der Waals surface area contributed by atoms with Crippen molar-refractivity contribution in [3.63, 3.8) is 0 Å². The number of nitrogens with zero attached hydrogens (tertiary/aromatic N) is 5. The molecule has 2 aromatic rings. The number of β-amino-alcohol motifs (C(OH)–C–C–N with tert-alkyl or cyclic N) is 1. The minimum absolute atomic E-state index is 0.0395. The summed E-state index contributed by atoms with van der Waals surface area (Å²) in [6.07, 6.45) is 9.39. The van der Waals surface area contributed by atoms with Crippen LogP contribution in [0, 0.1) is 5.92 Å². The lowest BCUT2D eigenvalue weighted by Gasteiger charge is -2.15. The van der Waals surface area contributed by atoms with E-state index in [0.29, 0.717) is 25.2 Å². The number of hydrogen-bond acceptors (Lipinski definition) is 6. The third-order valence-corrected chi connectivity index (χ3v) is 3.56. The number of carbonyl (C=O) groups is 1. The Bertz CT molecular complexity index is 607. The molecule has 0 aliphatic carbocycles. The molecule has 0 radical (unpaired) electrons. The van der Waals surface area contributed by atoms with Crippen LogP contribution < -0.4 is 0 Å². The minimum atomic E-state index is -0.562. The van der Waals surface area contributed by atoms with E-state index in [1.54, 1.807) is 23.5 Å². The maximum absolute atomic E-state index is 12.3. The van der Waals surface area contributed by atoms with Crippen LogP contribution in [0.15, 0.2) is 37.2 Å². The summed E-state index contributed by atoms with van der Waals surface area (Å²) in [5.74, 6) is -0.244. The first-order valence-corrected chi connectivity index (χ1v) is 6.72. The van der Waals surface area contributed by atoms with Gasteiger partial charge in [0.15, 0.2) is 0 Å². The van der Waals surface area contributed by atoms with Crippen LogP contribution in [0.25, 0.3) is 0 Å². The molecule has 21 heavy (non-hydrogen) atoms. The molecule has 1 aliphatic rings. The van der Waals surface area contributed by atoms with Gasteiger partial charge in [-0.1, -0.05) is 0 Å². The van der Waals surface area contributed by atoms with Crippen LogP contribution in [0.1, 0.15) is 16.2 Å². The van der Waals surface area contributed by atoms with Crippen LogP contribution in [0.5, 0.6) is 0 Å². The van der Waals surface area contributed by atoms with Gasteiger partial charge in [0.05, 0.1) is 18.0 Å². The largest absolute Gasteiger partial charge is 0.391 e. The van der Waals surface area contributed by atoms with Gasteiger partial charge in [-0.2, -0.15) is 0 Å². The molecule has 0 unspecified atom stereocenters. The zero-order chi connectivity index (χ0) is 14.7. The molecule has 3 heterocycles. The van der Waals surface area contributed by atoms with E-state index in [1.165, 1.54) is 18.6 Å². The third-order valence-electron chi connectivity index (χ3n) is 3.56. The number of carbonyl (C=O) groups excluding carboxylic acids is 1. The highest BCUT2D eigenvalue weighted by atomic mass is 16.3. The lowest BCUT2D eigenvalue weighted by atomic mass is 10.0. The molecule has 0 bridgehead atoms. The summed E-state index contributed by atoms with van der Waals surface area (Å²) < 4.78 is 0. The molecule has 108 valence electrons. The van der Waals surface area contributed by atoms with E-state index in [0.717, 1.165) is 5.69 Å². The van der Waals surface area contributed by atoms with Gasteiger partial charge < -0.3 is 10.0 Å². The highest BCUT2D eigenvalue weighted by Crippen LogP contribution is 2.21. The Morgan fingerprint density at radius 2 is 1.90 bits per heavy atom. The zero-order valence-electron chi connectivity index (χ0n) is 11.3. The average Bonchev–Trinajstić information content (AvgIpc) is 2.89. The van der Waals surface area contributed by atoms with E-state index in [4.69, 9.17) is 0 Å². The smallest absolute Gasteiger partial charge is 0.274 e. The van der Waals surface area contributed by atoms with Gasteiger partial charge >= 0.3 is 0 Å². The van der Waals surface area contributed by atoms with Crippen LogP contribution in [-0.2, 0) is 6.42 Å². The molecule has 2 atom stereocenters. The molecule has 7 nitrogen and oxygen atoms in total. The number of aliphatic hydroxyl groups excluding tert-OH is 1. The molecule has 1 fully saturated rings. The minimum Gasteiger partial charge on any atom is -0.391 e. The molecule has 7 heteroatoms. The second-order valence-corrected chi connectivity index (χ2v) is 5.03. The SMILES string of the molecule is O=C(c1cnccn1)N1C[C@@H](Cc2cnccn2)[C@H](O)C1. The van der Waals surface area contributed by atoms with Crippen molar-refractivity contribution in [1.82, 2.24) is 24.8 Å². The van der Waals surface area contributed by atoms with Gasteiger partial charge in [-0.3, -0.25) is 19.7 Å². The molecular weight excluding hydrogens is 270 g/mol. The molecule has 0 aromatic carbocycles. The van der Waals surface area contributed by atoms with Gasteiger partial charge in [-0.15, -0.1) is 0 Å². The first kappa shape index (κ1) is 13.6. The lowest BCUT2D eigenvalue weighted by molar-refractivity contribution is 0.0758. The van der Waals surface area contributed by atoms with Crippen molar-refractivity contribution < 1.29 is 9.90 Å². The van der Waals surface area contributed by atoms with Crippen molar-refractivity contribution in [1.29, 1.82) is 0 Å². The molecular formula is C14H15N5O2. The van der Waals surface area contributed by atoms with Crippen molar-refractivity contribution in [2.45, 2.75) is 12.5 Å². The van der Waals surface area contributed by atoms with Crippen LogP contribution in [0.3, 0.4) is 0 Å². The van der Waals surface area contributed by atoms with E-state index >= 15 is 0 Å². The third kappa shape index (κ3) is 3.03. The standard InChI is InChI=1S/C14H15N5O2/c20-13-9-19(14(21)12-7-16-2-4-18-12)8-10(13)5-11-6-15-1-3-17-11/h1-4,6-7,10,13,20H,5,8-9H2/t10-,13-/m1/s1. The Labute approximate surface area is 121 Å². The molecule has 1 N–H and O–H groups in total. The van der Waals surface area contributed by atoms with Crippen molar-refractivity contribution >= 4 is 5.91 Å². The molecule has 1 saturated heterocycles. The molecule has 1 amide bonds. The van der Waals surface area contributed by atoms with Crippen LogP contribution in [-0.4, -0.2) is 55.0 Å². The molecule has 2 aromatic heterocycles. The topological polar surface area (TPSA) is 92.1 Å². The molecule has 0 saturated carbocycles. The van der Waals surface area contributed by atoms with E-state index in [2.05, 4.69) is 19.9 Å². The fourth-order valence-electron chi connectivity index (χ4n) is 2.50. The fourth-order valence-corrected chi connectivity index (χ4v) is 2.50. The van der Waals surface area contributed by atoms with Crippen LogP contribution in [0.2, 0.25) is 0 Å². The van der Waals surface area contributed by atoms with Crippen molar-refractivity contribution in [2.75, 3.05) is 13.1 Å². The van der Waals surface area contributed by atoms with Gasteiger partial charge in [-0.05, 0) is 6.42 Å². The second kappa shape index (κ2) is 5.92. The average molecular weight is 285 g/mol. The Kier molecular flexibility index (Phi) is 3.83. The summed E-state index contributed by atoms with van der Waals surface area (Å²) in [6.45, 7) is 0.785. The Morgan fingerprint density at radius 3 is 2.57 bits per heavy atom. The monoisotopic (exact) mass is 285 g/mol. The Balaban J connectivity index is 1.67. The van der Waals surface area contributed by atoms with Gasteiger partial charge in [-0.25, -0.2) is 4.98 Å². The molecule has 3 rings (SSSR count). The maximum atomic E-state index is 12.3. The first-order valence-electron chi connectivity index (χ1n) is 6.72. The Hall–Kier alpha value is -2.41. The van der Waals surface area contributed by atoms with Crippen molar-refractivity contribution in [3.05, 3.63) is 48.6 Å². The van der Waals surface area contributed by atoms with Crippen LogP contribution >= 0.6 is 0 Å². The number of rotatable bonds is 3. The predicted molar refractivity (Wildman–Crippen MR) is 73.2 cm³/mol. The summed E-state index contributed by atoms with van der Waals surface area (Å²) >= 11 is 0. The van der Waals surface area contributed by atoms with Gasteiger partial charge in [0.1, 0.15) is 5.69 Å². The summed E-state index contributed by atoms with van der Waals surface area (Å²) in [5, 5.41) is 10.1. The summed E-state index contributed by atoms with van der Waals surface area (Å²) in [5.41, 5.74) is 1.11. The summed E-state index contributed by atoms with van der Waals surface area (Å²) in [4.78, 5) is 30.0. The molecule has 1 aliphatic heterocycles. The number of aliphatic hydroxyl groups is 1. The maximum Gasteiger partial charge on any atom is 0.274 e. The number of aromatic nitrogens is 4. The van der Waals surface area contributed by atoms with E-state index in [-0.39, 0.29) is 11.8 Å². The second-order valence-electron chi connectivity index (χ2n) is 5.03. The normalized spacial score (nSPS) is 21.5. The van der Waals surface area contributed by atoms with E-state index < -0.39 is 6.10 Å². The summed E-state index contributed by atoms with van der Waals surface area (Å²) in [7, 11) is 0. The van der Waals surface area contributed by atoms with Gasteiger partial charge in [0.25, 0.3) is 5.91 Å². The predicted octanol–water partition coefficient (Wildman–Crippen LogP) is -0.0578. The van der Waals surface area contributed by atoms with Crippen molar-refractivity contribution in [3.8, 4) is 0 Å².